The molecule has 0 aromatic heterocycles. The van der Waals surface area contributed by atoms with E-state index in [2.05, 4.69) is 5.32 Å². The largest absolute Gasteiger partial charge is 0.381 e. The van der Waals surface area contributed by atoms with Crippen LogP contribution in [-0.2, 0) is 14.8 Å². The first-order chi connectivity index (χ1) is 9.47. The zero-order valence-corrected chi connectivity index (χ0v) is 11.9. The fourth-order valence-corrected chi connectivity index (χ4v) is 2.60. The highest BCUT2D eigenvalue weighted by atomic mass is 32.2. The van der Waals surface area contributed by atoms with E-state index in [1.807, 2.05) is 0 Å². The van der Waals surface area contributed by atoms with Crippen LogP contribution in [0.15, 0.2) is 29.2 Å². The number of nitrogens with two attached hydrogens (primary N) is 1. The van der Waals surface area contributed by atoms with Crippen molar-refractivity contribution in [3.8, 4) is 0 Å². The number of hydrogen-bond donors (Lipinski definition) is 2. The van der Waals surface area contributed by atoms with E-state index in [1.54, 1.807) is 0 Å². The van der Waals surface area contributed by atoms with Gasteiger partial charge in [0.25, 0.3) is 5.91 Å². The molecule has 1 saturated heterocycles. The lowest BCUT2D eigenvalue weighted by Crippen LogP contribution is -2.32. The molecule has 0 saturated carbocycles. The van der Waals surface area contributed by atoms with Crippen molar-refractivity contribution in [1.82, 2.24) is 5.32 Å². The van der Waals surface area contributed by atoms with Crippen LogP contribution in [0.4, 0.5) is 0 Å². The molecule has 1 aliphatic rings. The summed E-state index contributed by atoms with van der Waals surface area (Å²) in [4.78, 5) is 11.9. The molecule has 1 fully saturated rings. The molecule has 2 rings (SSSR count). The molecule has 3 N–H and O–H groups in total. The molecular weight excluding hydrogens is 280 g/mol. The van der Waals surface area contributed by atoms with Gasteiger partial charge in [0.1, 0.15) is 0 Å². The van der Waals surface area contributed by atoms with Gasteiger partial charge in [-0.1, -0.05) is 0 Å². The van der Waals surface area contributed by atoms with E-state index in [4.69, 9.17) is 9.88 Å². The molecule has 6 nitrogen and oxygen atoms in total. The van der Waals surface area contributed by atoms with Crippen molar-refractivity contribution >= 4 is 15.9 Å². The number of carbonyl (C=O) groups excluding carboxylic acids is 1. The van der Waals surface area contributed by atoms with E-state index >= 15 is 0 Å². The summed E-state index contributed by atoms with van der Waals surface area (Å²) >= 11 is 0. The highest BCUT2D eigenvalue weighted by Gasteiger charge is 2.15. The van der Waals surface area contributed by atoms with Gasteiger partial charge in [-0.25, -0.2) is 13.6 Å². The molecule has 0 radical (unpaired) electrons. The molecule has 1 aromatic carbocycles. The first-order valence-electron chi connectivity index (χ1n) is 6.45. The molecule has 1 heterocycles. The third-order valence-corrected chi connectivity index (χ3v) is 4.27. The number of carbonyl (C=O) groups is 1. The zero-order chi connectivity index (χ0) is 14.6. The molecule has 1 amide bonds. The maximum atomic E-state index is 11.9. The van der Waals surface area contributed by atoms with Crippen LogP contribution in [0.5, 0.6) is 0 Å². The Hall–Kier alpha value is -1.44. The van der Waals surface area contributed by atoms with Crippen molar-refractivity contribution in [2.75, 3.05) is 19.8 Å². The van der Waals surface area contributed by atoms with Crippen molar-refractivity contribution < 1.29 is 17.9 Å². The predicted octanol–water partition coefficient (Wildman–Crippen LogP) is 0.490. The van der Waals surface area contributed by atoms with E-state index in [-0.39, 0.29) is 10.8 Å². The SMILES string of the molecule is NS(=O)(=O)c1ccc(C(=O)NCC2CCOCC2)cc1. The first-order valence-corrected chi connectivity index (χ1v) is 8.00. The zero-order valence-electron chi connectivity index (χ0n) is 11.0. The Bertz CT molecular complexity index is 563. The van der Waals surface area contributed by atoms with Gasteiger partial charge in [0.2, 0.25) is 10.0 Å². The maximum absolute atomic E-state index is 11.9. The molecule has 0 bridgehead atoms. The number of amides is 1. The van der Waals surface area contributed by atoms with Gasteiger partial charge in [-0.2, -0.15) is 0 Å². The Balaban J connectivity index is 1.92. The van der Waals surface area contributed by atoms with E-state index in [9.17, 15) is 13.2 Å². The van der Waals surface area contributed by atoms with Gasteiger partial charge in [0, 0.05) is 25.3 Å². The molecule has 0 spiro atoms. The summed E-state index contributed by atoms with van der Waals surface area (Å²) in [6.45, 7) is 2.09. The fourth-order valence-electron chi connectivity index (χ4n) is 2.09. The normalized spacial score (nSPS) is 16.9. The Morgan fingerprint density at radius 1 is 1.25 bits per heavy atom. The second-order valence-corrected chi connectivity index (χ2v) is 6.40. The lowest BCUT2D eigenvalue weighted by atomic mass is 10.0. The average molecular weight is 298 g/mol. The summed E-state index contributed by atoms with van der Waals surface area (Å²) in [5, 5.41) is 7.85. The molecule has 0 unspecified atom stereocenters. The second-order valence-electron chi connectivity index (χ2n) is 4.84. The van der Waals surface area contributed by atoms with Gasteiger partial charge in [0.05, 0.1) is 4.90 Å². The van der Waals surface area contributed by atoms with Gasteiger partial charge < -0.3 is 10.1 Å². The average Bonchev–Trinajstić information content (AvgIpc) is 2.45. The van der Waals surface area contributed by atoms with Crippen molar-refractivity contribution in [3.05, 3.63) is 29.8 Å². The number of ether oxygens (including phenoxy) is 1. The highest BCUT2D eigenvalue weighted by molar-refractivity contribution is 7.89. The number of sulfonamides is 1. The Morgan fingerprint density at radius 2 is 1.85 bits per heavy atom. The Morgan fingerprint density at radius 3 is 2.40 bits per heavy atom. The summed E-state index contributed by atoms with van der Waals surface area (Å²) in [5.74, 6) is 0.230. The van der Waals surface area contributed by atoms with E-state index in [0.29, 0.717) is 18.0 Å². The van der Waals surface area contributed by atoms with Gasteiger partial charge in [-0.3, -0.25) is 4.79 Å². The maximum Gasteiger partial charge on any atom is 0.251 e. The van der Waals surface area contributed by atoms with Crippen LogP contribution in [0.2, 0.25) is 0 Å². The first kappa shape index (κ1) is 15.0. The van der Waals surface area contributed by atoms with Crippen LogP contribution in [-0.4, -0.2) is 34.1 Å². The Kier molecular flexibility index (Phi) is 4.74. The number of primary sulfonamides is 1. The minimum Gasteiger partial charge on any atom is -0.381 e. The van der Waals surface area contributed by atoms with Crippen LogP contribution >= 0.6 is 0 Å². The van der Waals surface area contributed by atoms with Crippen LogP contribution < -0.4 is 10.5 Å². The molecule has 0 atom stereocenters. The second kappa shape index (κ2) is 6.34. The van der Waals surface area contributed by atoms with Gasteiger partial charge in [0.15, 0.2) is 0 Å². The van der Waals surface area contributed by atoms with Crippen molar-refractivity contribution in [2.45, 2.75) is 17.7 Å². The lowest BCUT2D eigenvalue weighted by Gasteiger charge is -2.22. The number of nitrogens with one attached hydrogen (secondary N) is 1. The van der Waals surface area contributed by atoms with Crippen molar-refractivity contribution in [1.29, 1.82) is 0 Å². The van der Waals surface area contributed by atoms with Crippen LogP contribution in [0, 0.1) is 5.92 Å². The number of rotatable bonds is 4. The van der Waals surface area contributed by atoms with Crippen LogP contribution in [0.25, 0.3) is 0 Å². The minimum absolute atomic E-state index is 0.00141. The molecule has 110 valence electrons. The predicted molar refractivity (Wildman–Crippen MR) is 73.7 cm³/mol. The monoisotopic (exact) mass is 298 g/mol. The topological polar surface area (TPSA) is 98.5 Å². The molecule has 20 heavy (non-hydrogen) atoms. The van der Waals surface area contributed by atoms with Gasteiger partial charge >= 0.3 is 0 Å². The lowest BCUT2D eigenvalue weighted by molar-refractivity contribution is 0.0642. The van der Waals surface area contributed by atoms with E-state index in [0.717, 1.165) is 26.1 Å². The minimum atomic E-state index is -3.72. The third kappa shape index (κ3) is 4.03. The van der Waals surface area contributed by atoms with Crippen molar-refractivity contribution in [3.63, 3.8) is 0 Å². The highest BCUT2D eigenvalue weighted by Crippen LogP contribution is 2.14. The molecule has 7 heteroatoms. The molecule has 1 aromatic rings. The van der Waals surface area contributed by atoms with E-state index in [1.165, 1.54) is 24.3 Å². The summed E-state index contributed by atoms with van der Waals surface area (Å²) in [6.07, 6.45) is 1.90. The summed E-state index contributed by atoms with van der Waals surface area (Å²) < 4.78 is 27.5. The molecule has 0 aliphatic carbocycles. The smallest absolute Gasteiger partial charge is 0.251 e. The van der Waals surface area contributed by atoms with Gasteiger partial charge in [-0.05, 0) is 43.0 Å². The summed E-state index contributed by atoms with van der Waals surface area (Å²) in [7, 11) is -3.72. The Labute approximate surface area is 118 Å². The van der Waals surface area contributed by atoms with Crippen molar-refractivity contribution in [2.24, 2.45) is 11.1 Å². The molecule has 1 aliphatic heterocycles. The third-order valence-electron chi connectivity index (χ3n) is 3.34. The quantitative estimate of drug-likeness (QED) is 0.845. The summed E-state index contributed by atoms with van der Waals surface area (Å²) in [6, 6.07) is 5.58. The number of benzene rings is 1. The van der Waals surface area contributed by atoms with Crippen LogP contribution in [0.3, 0.4) is 0 Å². The fraction of sp³-hybridized carbons (Fsp3) is 0.462. The van der Waals surface area contributed by atoms with Gasteiger partial charge in [-0.15, -0.1) is 0 Å². The van der Waals surface area contributed by atoms with E-state index < -0.39 is 10.0 Å². The number of hydrogen-bond acceptors (Lipinski definition) is 4. The summed E-state index contributed by atoms with van der Waals surface area (Å²) in [5.41, 5.74) is 0.421. The van der Waals surface area contributed by atoms with Crippen LogP contribution in [0.1, 0.15) is 23.2 Å². The standard InChI is InChI=1S/C13H18N2O4S/c14-20(17,18)12-3-1-11(2-4-12)13(16)15-9-10-5-7-19-8-6-10/h1-4,10H,5-9H2,(H,15,16)(H2,14,17,18). The molecular formula is C13H18N2O4S.